The van der Waals surface area contributed by atoms with Crippen molar-refractivity contribution in [2.75, 3.05) is 23.3 Å². The second-order valence-corrected chi connectivity index (χ2v) is 7.50. The minimum absolute atomic E-state index is 0.0292. The highest BCUT2D eigenvalue weighted by Gasteiger charge is 2.26. The van der Waals surface area contributed by atoms with Crippen molar-refractivity contribution in [3.05, 3.63) is 65.4 Å². The number of rotatable bonds is 2. The minimum atomic E-state index is 0.0292. The average Bonchev–Trinajstić information content (AvgIpc) is 3.31. The second-order valence-electron chi connectivity index (χ2n) is 7.50. The Morgan fingerprint density at radius 3 is 2.50 bits per heavy atom. The number of aromatic nitrogens is 2. The molecule has 1 unspecified atom stereocenters. The lowest BCUT2D eigenvalue weighted by atomic mass is 10.0. The summed E-state index contributed by atoms with van der Waals surface area (Å²) in [5.74, 6) is 0. The van der Waals surface area contributed by atoms with E-state index in [0.29, 0.717) is 0 Å². The van der Waals surface area contributed by atoms with Crippen molar-refractivity contribution in [1.82, 2.24) is 9.78 Å². The molecule has 4 nitrogen and oxygen atoms in total. The Bertz CT molecular complexity index is 949. The molecule has 1 saturated heterocycles. The summed E-state index contributed by atoms with van der Waals surface area (Å²) < 4.78 is 2.13. The van der Waals surface area contributed by atoms with E-state index in [1.807, 2.05) is 0 Å². The fourth-order valence-electron chi connectivity index (χ4n) is 4.19. The van der Waals surface area contributed by atoms with E-state index < -0.39 is 0 Å². The molecule has 0 aliphatic carbocycles. The molecule has 132 valence electrons. The van der Waals surface area contributed by atoms with Crippen LogP contribution in [-0.4, -0.2) is 22.9 Å². The van der Waals surface area contributed by atoms with Crippen molar-refractivity contribution in [3.8, 4) is 11.3 Å². The number of aryl methyl sites for hydroxylation is 2. The molecule has 2 aromatic carbocycles. The molecule has 0 amide bonds. The van der Waals surface area contributed by atoms with Gasteiger partial charge in [0.05, 0.1) is 11.4 Å². The zero-order valence-electron chi connectivity index (χ0n) is 15.4. The predicted molar refractivity (Wildman–Crippen MR) is 107 cm³/mol. The van der Waals surface area contributed by atoms with Gasteiger partial charge in [-0.1, -0.05) is 23.8 Å². The number of nitrogens with one attached hydrogen (secondary N) is 1. The summed E-state index contributed by atoms with van der Waals surface area (Å²) in [6.45, 7) is 6.55. The average molecular weight is 344 g/mol. The molecule has 2 aliphatic rings. The molecule has 3 heterocycles. The molecular formula is C22H24N4. The van der Waals surface area contributed by atoms with Crippen molar-refractivity contribution in [2.24, 2.45) is 0 Å². The van der Waals surface area contributed by atoms with Gasteiger partial charge >= 0.3 is 0 Å². The van der Waals surface area contributed by atoms with Crippen LogP contribution in [0.5, 0.6) is 0 Å². The molecule has 0 bridgehead atoms. The second kappa shape index (κ2) is 5.90. The van der Waals surface area contributed by atoms with Crippen LogP contribution in [0, 0.1) is 13.8 Å². The van der Waals surface area contributed by atoms with Crippen molar-refractivity contribution in [1.29, 1.82) is 0 Å². The van der Waals surface area contributed by atoms with E-state index in [1.165, 1.54) is 59.7 Å². The predicted octanol–water partition coefficient (Wildman–Crippen LogP) is 4.74. The topological polar surface area (TPSA) is 33.1 Å². The summed E-state index contributed by atoms with van der Waals surface area (Å²) >= 11 is 0. The Balaban J connectivity index is 1.54. The Labute approximate surface area is 154 Å². The van der Waals surface area contributed by atoms with Crippen LogP contribution in [-0.2, 0) is 0 Å². The van der Waals surface area contributed by atoms with Gasteiger partial charge in [0.15, 0.2) is 0 Å². The number of fused-ring (bicyclic) bond motifs is 3. The molecule has 1 atom stereocenters. The van der Waals surface area contributed by atoms with E-state index in [1.54, 1.807) is 0 Å². The highest BCUT2D eigenvalue weighted by atomic mass is 15.4. The third kappa shape index (κ3) is 2.48. The molecule has 1 fully saturated rings. The molecule has 1 aromatic heterocycles. The summed E-state index contributed by atoms with van der Waals surface area (Å²) in [4.78, 5) is 2.47. The van der Waals surface area contributed by atoms with Crippen LogP contribution in [0.2, 0.25) is 0 Å². The Morgan fingerprint density at radius 1 is 0.962 bits per heavy atom. The van der Waals surface area contributed by atoms with Crippen LogP contribution in [0.1, 0.15) is 35.8 Å². The van der Waals surface area contributed by atoms with Crippen LogP contribution >= 0.6 is 0 Å². The molecule has 2 aliphatic heterocycles. The normalized spacial score (nSPS) is 18.4. The van der Waals surface area contributed by atoms with E-state index in [2.05, 4.69) is 77.3 Å². The minimum Gasteiger partial charge on any atom is -0.372 e. The van der Waals surface area contributed by atoms with Gasteiger partial charge in [0.25, 0.3) is 0 Å². The maximum absolute atomic E-state index is 4.78. The fourth-order valence-corrected chi connectivity index (χ4v) is 4.19. The quantitative estimate of drug-likeness (QED) is 0.729. The SMILES string of the molecule is Cc1ccc2c(c1)-c1cc(C)nn1C(c1ccc(N3CCCC3)cc1)N2. The van der Waals surface area contributed by atoms with Crippen LogP contribution in [0.4, 0.5) is 11.4 Å². The van der Waals surface area contributed by atoms with Gasteiger partial charge in [-0.3, -0.25) is 0 Å². The lowest BCUT2D eigenvalue weighted by Crippen LogP contribution is -2.26. The van der Waals surface area contributed by atoms with Crippen molar-refractivity contribution >= 4 is 11.4 Å². The Hall–Kier alpha value is -2.75. The number of nitrogens with zero attached hydrogens (tertiary/aromatic N) is 3. The number of benzene rings is 2. The number of hydrogen-bond donors (Lipinski definition) is 1. The summed E-state index contributed by atoms with van der Waals surface area (Å²) in [6.07, 6.45) is 2.64. The van der Waals surface area contributed by atoms with E-state index >= 15 is 0 Å². The summed E-state index contributed by atoms with van der Waals surface area (Å²) in [5.41, 5.74) is 8.48. The van der Waals surface area contributed by atoms with Gasteiger partial charge in [0.2, 0.25) is 0 Å². The molecule has 0 saturated carbocycles. The van der Waals surface area contributed by atoms with Crippen molar-refractivity contribution in [3.63, 3.8) is 0 Å². The maximum atomic E-state index is 4.78. The lowest BCUT2D eigenvalue weighted by Gasteiger charge is -2.30. The van der Waals surface area contributed by atoms with E-state index in [9.17, 15) is 0 Å². The largest absolute Gasteiger partial charge is 0.372 e. The number of hydrogen-bond acceptors (Lipinski definition) is 3. The molecule has 0 spiro atoms. The lowest BCUT2D eigenvalue weighted by molar-refractivity contribution is 0.571. The van der Waals surface area contributed by atoms with Gasteiger partial charge in [-0.05, 0) is 62.6 Å². The van der Waals surface area contributed by atoms with Crippen molar-refractivity contribution < 1.29 is 0 Å². The monoisotopic (exact) mass is 344 g/mol. The maximum Gasteiger partial charge on any atom is 0.147 e. The first-order valence-electron chi connectivity index (χ1n) is 9.48. The molecular weight excluding hydrogens is 320 g/mol. The number of anilines is 2. The molecule has 3 aromatic rings. The molecule has 5 rings (SSSR count). The summed E-state index contributed by atoms with van der Waals surface area (Å²) in [6, 6.07) is 17.8. The van der Waals surface area contributed by atoms with Gasteiger partial charge in [0.1, 0.15) is 6.17 Å². The third-order valence-electron chi connectivity index (χ3n) is 5.53. The van der Waals surface area contributed by atoms with Crippen LogP contribution < -0.4 is 10.2 Å². The van der Waals surface area contributed by atoms with Crippen LogP contribution in [0.15, 0.2) is 48.5 Å². The van der Waals surface area contributed by atoms with Crippen LogP contribution in [0.25, 0.3) is 11.3 Å². The highest BCUT2D eigenvalue weighted by Crippen LogP contribution is 2.39. The van der Waals surface area contributed by atoms with Crippen molar-refractivity contribution in [2.45, 2.75) is 32.9 Å². The first kappa shape index (κ1) is 15.5. The highest BCUT2D eigenvalue weighted by molar-refractivity contribution is 5.79. The van der Waals surface area contributed by atoms with Gasteiger partial charge < -0.3 is 10.2 Å². The molecule has 4 heteroatoms. The molecule has 0 radical (unpaired) electrons. The molecule has 26 heavy (non-hydrogen) atoms. The third-order valence-corrected chi connectivity index (χ3v) is 5.53. The zero-order chi connectivity index (χ0) is 17.7. The molecule has 1 N–H and O–H groups in total. The van der Waals surface area contributed by atoms with Gasteiger partial charge in [0, 0.05) is 30.0 Å². The Morgan fingerprint density at radius 2 is 1.73 bits per heavy atom. The van der Waals surface area contributed by atoms with Gasteiger partial charge in [-0.15, -0.1) is 0 Å². The van der Waals surface area contributed by atoms with Gasteiger partial charge in [-0.2, -0.15) is 5.10 Å². The standard InChI is InChI=1S/C22H24N4/c1-15-5-10-20-19(13-15)21-14-16(2)24-26(21)22(23-20)17-6-8-18(9-7-17)25-11-3-4-12-25/h5-10,13-14,22-23H,3-4,11-12H2,1-2H3. The van der Waals surface area contributed by atoms with E-state index in [-0.39, 0.29) is 6.17 Å². The smallest absolute Gasteiger partial charge is 0.147 e. The first-order valence-corrected chi connectivity index (χ1v) is 9.48. The van der Waals surface area contributed by atoms with Crippen LogP contribution in [0.3, 0.4) is 0 Å². The summed E-state index contributed by atoms with van der Waals surface area (Å²) in [5, 5.41) is 8.47. The Kier molecular flexibility index (Phi) is 3.52. The summed E-state index contributed by atoms with van der Waals surface area (Å²) in [7, 11) is 0. The first-order chi connectivity index (χ1) is 12.7. The van der Waals surface area contributed by atoms with E-state index in [0.717, 1.165) is 5.69 Å². The zero-order valence-corrected chi connectivity index (χ0v) is 15.4. The fraction of sp³-hybridized carbons (Fsp3) is 0.318. The van der Waals surface area contributed by atoms with E-state index in [4.69, 9.17) is 5.10 Å². The van der Waals surface area contributed by atoms with Gasteiger partial charge in [-0.25, -0.2) is 4.68 Å².